The molecule has 1 fully saturated rings. The van der Waals surface area contributed by atoms with E-state index in [1.165, 1.54) is 11.1 Å². The van der Waals surface area contributed by atoms with Crippen LogP contribution < -0.4 is 0 Å². The number of hydrogen-bond acceptors (Lipinski definition) is 6. The fraction of sp³-hybridized carbons (Fsp3) is 0.423. The molecule has 0 spiro atoms. The first-order chi connectivity index (χ1) is 15.5. The molecule has 0 radical (unpaired) electrons. The minimum absolute atomic E-state index is 0.199. The molecule has 166 valence electrons. The van der Waals surface area contributed by atoms with Crippen molar-refractivity contribution < 1.29 is 19.1 Å². The summed E-state index contributed by atoms with van der Waals surface area (Å²) in [4.78, 5) is 30.6. The fourth-order valence-corrected chi connectivity index (χ4v) is 5.00. The van der Waals surface area contributed by atoms with Gasteiger partial charge in [0.05, 0.1) is 5.56 Å². The first-order valence-corrected chi connectivity index (χ1v) is 11.4. The predicted octanol–water partition coefficient (Wildman–Crippen LogP) is 3.81. The zero-order valence-corrected chi connectivity index (χ0v) is 18.6. The number of ether oxygens (including phenoxy) is 2. The lowest BCUT2D eigenvalue weighted by Crippen LogP contribution is -2.34. The number of piperidine rings is 1. The maximum absolute atomic E-state index is 11.7. The third kappa shape index (κ3) is 3.84. The summed E-state index contributed by atoms with van der Waals surface area (Å²) in [5, 5.41) is 0. The zero-order chi connectivity index (χ0) is 22.2. The van der Waals surface area contributed by atoms with Gasteiger partial charge in [-0.15, -0.1) is 0 Å². The van der Waals surface area contributed by atoms with Crippen molar-refractivity contribution in [1.29, 1.82) is 0 Å². The van der Waals surface area contributed by atoms with E-state index >= 15 is 0 Å². The van der Waals surface area contributed by atoms with Gasteiger partial charge < -0.3 is 14.4 Å². The molecule has 2 aromatic rings. The second-order valence-electron chi connectivity index (χ2n) is 8.97. The Morgan fingerprint density at radius 2 is 1.78 bits per heavy atom. The number of benzene rings is 1. The molecule has 5 rings (SSSR count). The number of rotatable bonds is 5. The van der Waals surface area contributed by atoms with Crippen LogP contribution in [0.5, 0.6) is 0 Å². The fourth-order valence-electron chi connectivity index (χ4n) is 5.00. The molecule has 0 amide bonds. The molecule has 0 aliphatic carbocycles. The van der Waals surface area contributed by atoms with Gasteiger partial charge >= 0.3 is 11.9 Å². The van der Waals surface area contributed by atoms with Crippen molar-refractivity contribution in [2.75, 3.05) is 26.2 Å². The average Bonchev–Trinajstić information content (AvgIpc) is 3.36. The van der Waals surface area contributed by atoms with E-state index < -0.39 is 0 Å². The Morgan fingerprint density at radius 3 is 2.47 bits per heavy atom. The van der Waals surface area contributed by atoms with E-state index in [0.717, 1.165) is 66.9 Å². The minimum atomic E-state index is -0.228. The smallest absolute Gasteiger partial charge is 0.338 e. The first kappa shape index (κ1) is 20.9. The third-order valence-corrected chi connectivity index (χ3v) is 7.22. The first-order valence-electron chi connectivity index (χ1n) is 11.4. The Hall–Kier alpha value is -2.99. The number of carbonyl (C=O) groups is 2. The molecule has 0 unspecified atom stereocenters. The van der Waals surface area contributed by atoms with E-state index in [0.29, 0.717) is 24.7 Å². The quantitative estimate of drug-likeness (QED) is 0.670. The molecule has 0 bridgehead atoms. The van der Waals surface area contributed by atoms with Gasteiger partial charge in [-0.1, -0.05) is 12.1 Å². The Labute approximate surface area is 188 Å². The Bertz CT molecular complexity index is 1100. The van der Waals surface area contributed by atoms with Gasteiger partial charge in [0.15, 0.2) is 0 Å². The Balaban J connectivity index is 1.16. The Morgan fingerprint density at radius 1 is 1.00 bits per heavy atom. The molecule has 1 aromatic heterocycles. The molecule has 6 heteroatoms. The molecular weight excluding hydrogens is 404 g/mol. The largest absolute Gasteiger partial charge is 0.457 e. The van der Waals surface area contributed by atoms with E-state index in [4.69, 9.17) is 14.5 Å². The molecule has 4 heterocycles. The van der Waals surface area contributed by atoms with Crippen molar-refractivity contribution in [3.05, 3.63) is 69.5 Å². The van der Waals surface area contributed by atoms with E-state index in [1.807, 2.05) is 19.2 Å². The van der Waals surface area contributed by atoms with Crippen molar-refractivity contribution >= 4 is 17.5 Å². The highest BCUT2D eigenvalue weighted by Crippen LogP contribution is 2.30. The summed E-state index contributed by atoms with van der Waals surface area (Å²) in [5.41, 5.74) is 8.03. The molecular formula is C26H28N2O4. The van der Waals surface area contributed by atoms with Crippen LogP contribution in [0.1, 0.15) is 64.0 Å². The molecule has 1 aromatic carbocycles. The van der Waals surface area contributed by atoms with Crippen molar-refractivity contribution in [3.63, 3.8) is 0 Å². The van der Waals surface area contributed by atoms with E-state index in [9.17, 15) is 9.59 Å². The van der Waals surface area contributed by atoms with Gasteiger partial charge in [-0.25, -0.2) is 9.59 Å². The maximum atomic E-state index is 11.7. The zero-order valence-electron chi connectivity index (χ0n) is 18.6. The van der Waals surface area contributed by atoms with Crippen molar-refractivity contribution in [3.8, 4) is 0 Å². The van der Waals surface area contributed by atoms with Gasteiger partial charge in [-0.2, -0.15) is 0 Å². The van der Waals surface area contributed by atoms with Gasteiger partial charge in [-0.3, -0.25) is 4.98 Å². The van der Waals surface area contributed by atoms with E-state index in [2.05, 4.69) is 30.0 Å². The molecule has 1 saturated heterocycles. The summed E-state index contributed by atoms with van der Waals surface area (Å²) in [6.07, 6.45) is 5.07. The lowest BCUT2D eigenvalue weighted by atomic mass is 9.91. The van der Waals surface area contributed by atoms with Crippen LogP contribution in [0.25, 0.3) is 5.57 Å². The number of likely N-dealkylation sites (tertiary alicyclic amines) is 1. The van der Waals surface area contributed by atoms with Crippen LogP contribution in [0, 0.1) is 6.92 Å². The predicted molar refractivity (Wildman–Crippen MR) is 120 cm³/mol. The second kappa shape index (κ2) is 8.51. The number of esters is 2. The highest BCUT2D eigenvalue weighted by atomic mass is 16.5. The standard InChI is InChI=1S/C26H28N2O4/c1-16-18(3-5-21-23(16)15-32-26(21)30)7-10-28-11-8-19(9-12-28)24-6-4-20(13-27-24)22-14-31-25(29)17(22)2/h3-6,13,19H,7-12,14-15H2,1-2H3. The minimum Gasteiger partial charge on any atom is -0.457 e. The molecule has 3 aliphatic rings. The van der Waals surface area contributed by atoms with Gasteiger partial charge in [0.1, 0.15) is 13.2 Å². The van der Waals surface area contributed by atoms with Crippen LogP contribution in [0.3, 0.4) is 0 Å². The normalized spacial score (nSPS) is 19.3. The van der Waals surface area contributed by atoms with Crippen LogP contribution in [-0.4, -0.2) is 48.1 Å². The number of carbonyl (C=O) groups excluding carboxylic acids is 2. The molecule has 0 N–H and O–H groups in total. The number of fused-ring (bicyclic) bond motifs is 1. The maximum Gasteiger partial charge on any atom is 0.338 e. The van der Waals surface area contributed by atoms with Crippen LogP contribution in [0.4, 0.5) is 0 Å². The van der Waals surface area contributed by atoms with Gasteiger partial charge in [-0.05, 0) is 75.0 Å². The second-order valence-corrected chi connectivity index (χ2v) is 8.97. The van der Waals surface area contributed by atoms with Crippen LogP contribution in [0.15, 0.2) is 36.0 Å². The van der Waals surface area contributed by atoms with E-state index in [1.54, 1.807) is 0 Å². The lowest BCUT2D eigenvalue weighted by molar-refractivity contribution is -0.135. The molecule has 6 nitrogen and oxygen atoms in total. The highest BCUT2D eigenvalue weighted by molar-refractivity contribution is 6.01. The van der Waals surface area contributed by atoms with Gasteiger partial charge in [0.25, 0.3) is 0 Å². The molecule has 0 atom stereocenters. The summed E-state index contributed by atoms with van der Waals surface area (Å²) >= 11 is 0. The number of pyridine rings is 1. The molecule has 0 saturated carbocycles. The van der Waals surface area contributed by atoms with Crippen LogP contribution in [0.2, 0.25) is 0 Å². The summed E-state index contributed by atoms with van der Waals surface area (Å²) in [5.74, 6) is 0.0466. The Kier molecular flexibility index (Phi) is 5.55. The van der Waals surface area contributed by atoms with E-state index in [-0.39, 0.29) is 11.9 Å². The van der Waals surface area contributed by atoms with Crippen molar-refractivity contribution in [2.24, 2.45) is 0 Å². The SMILES string of the molecule is CC1=C(c2ccc(C3CCN(CCc4ccc5c(c4C)COC5=O)CC3)nc2)COC1=O. The van der Waals surface area contributed by atoms with Gasteiger partial charge in [0.2, 0.25) is 0 Å². The topological polar surface area (TPSA) is 68.7 Å². The summed E-state index contributed by atoms with van der Waals surface area (Å²) in [6, 6.07) is 8.18. The van der Waals surface area contributed by atoms with Gasteiger partial charge in [0, 0.05) is 41.1 Å². The summed E-state index contributed by atoms with van der Waals surface area (Å²) in [6.45, 7) is 7.81. The highest BCUT2D eigenvalue weighted by Gasteiger charge is 2.26. The van der Waals surface area contributed by atoms with Crippen molar-refractivity contribution in [1.82, 2.24) is 9.88 Å². The monoisotopic (exact) mass is 432 g/mol. The number of nitrogens with zero attached hydrogens (tertiary/aromatic N) is 2. The molecule has 3 aliphatic heterocycles. The number of hydrogen-bond donors (Lipinski definition) is 0. The average molecular weight is 433 g/mol. The summed E-state index contributed by atoms with van der Waals surface area (Å²) in [7, 11) is 0. The number of cyclic esters (lactones) is 2. The van der Waals surface area contributed by atoms with Crippen LogP contribution >= 0.6 is 0 Å². The summed E-state index contributed by atoms with van der Waals surface area (Å²) < 4.78 is 10.3. The van der Waals surface area contributed by atoms with Crippen LogP contribution in [-0.2, 0) is 27.3 Å². The third-order valence-electron chi connectivity index (χ3n) is 7.22. The lowest BCUT2D eigenvalue weighted by Gasteiger charge is -2.32. The van der Waals surface area contributed by atoms with Crippen molar-refractivity contribution in [2.45, 2.75) is 45.6 Å². The number of aromatic nitrogens is 1. The molecule has 32 heavy (non-hydrogen) atoms.